The third-order valence-electron chi connectivity index (χ3n) is 3.00. The predicted molar refractivity (Wildman–Crippen MR) is 61.7 cm³/mol. The van der Waals surface area contributed by atoms with Gasteiger partial charge in [0.15, 0.2) is 0 Å². The summed E-state index contributed by atoms with van der Waals surface area (Å²) in [5.74, 6) is 0. The van der Waals surface area contributed by atoms with Crippen LogP contribution in [0.15, 0.2) is 0 Å². The normalized spacial score (nSPS) is 14.4. The lowest BCUT2D eigenvalue weighted by Gasteiger charge is -2.46. The Bertz CT molecular complexity index is 135. The summed E-state index contributed by atoms with van der Waals surface area (Å²) in [6.45, 7) is 10.4. The summed E-state index contributed by atoms with van der Waals surface area (Å²) < 4.78 is -0.119. The number of hydrogen-bond acceptors (Lipinski definition) is 2. The average Bonchev–Trinajstić information content (AvgIpc) is 2.22. The van der Waals surface area contributed by atoms with Crippen molar-refractivity contribution in [2.45, 2.75) is 53.1 Å². The first-order valence-corrected chi connectivity index (χ1v) is 5.91. The predicted octanol–water partition coefficient (Wildman–Crippen LogP) is 2.47. The van der Waals surface area contributed by atoms with Crippen molar-refractivity contribution in [3.63, 3.8) is 0 Å². The quantitative estimate of drug-likeness (QED) is 0.284. The van der Waals surface area contributed by atoms with Crippen LogP contribution in [-0.2, 0) is 0 Å². The molecule has 14 heavy (non-hydrogen) atoms. The Labute approximate surface area is 88.7 Å². The number of nitrogens with one attached hydrogen (secondary N) is 1. The van der Waals surface area contributed by atoms with E-state index in [2.05, 4.69) is 12.2 Å². The average molecular weight is 202 g/mol. The van der Waals surface area contributed by atoms with Crippen molar-refractivity contribution < 1.29 is 4.65 Å². The molecule has 0 aromatic rings. The molecule has 1 unspecified atom stereocenters. The molecule has 0 aliphatic heterocycles. The Morgan fingerprint density at radius 3 is 2.14 bits per heavy atom. The van der Waals surface area contributed by atoms with Crippen molar-refractivity contribution in [3.05, 3.63) is 5.21 Å². The van der Waals surface area contributed by atoms with Crippen molar-refractivity contribution in [1.29, 1.82) is 0 Å². The minimum Gasteiger partial charge on any atom is -0.632 e. The smallest absolute Gasteiger partial charge is 0.139 e. The fourth-order valence-corrected chi connectivity index (χ4v) is 1.62. The zero-order chi connectivity index (χ0) is 11.0. The number of quaternary nitrogens is 1. The molecule has 0 fully saturated rings. The molecule has 0 saturated heterocycles. The van der Waals surface area contributed by atoms with E-state index >= 15 is 0 Å². The van der Waals surface area contributed by atoms with Crippen LogP contribution in [0, 0.1) is 5.21 Å². The van der Waals surface area contributed by atoms with Crippen LogP contribution in [0.1, 0.15) is 47.0 Å². The van der Waals surface area contributed by atoms with E-state index in [4.69, 9.17) is 0 Å². The molecule has 1 N–H and O–H groups in total. The van der Waals surface area contributed by atoms with Crippen molar-refractivity contribution in [2.24, 2.45) is 0 Å². The monoisotopic (exact) mass is 202 g/mol. The first kappa shape index (κ1) is 13.9. The molecule has 0 rings (SSSR count). The fourth-order valence-electron chi connectivity index (χ4n) is 1.62. The first-order valence-electron chi connectivity index (χ1n) is 5.91. The second-order valence-electron chi connectivity index (χ2n) is 3.92. The molecule has 0 radical (unpaired) electrons. The third-order valence-corrected chi connectivity index (χ3v) is 3.00. The van der Waals surface area contributed by atoms with Crippen molar-refractivity contribution in [3.8, 4) is 0 Å². The van der Waals surface area contributed by atoms with Crippen LogP contribution in [0.25, 0.3) is 0 Å². The van der Waals surface area contributed by atoms with Gasteiger partial charge in [0.05, 0.1) is 13.1 Å². The zero-order valence-corrected chi connectivity index (χ0v) is 10.2. The standard InChI is InChI=1S/C11H26N2O/c1-5-8-9-10-12-11(4)13(14,6-2)7-3/h11-12H,5-10H2,1-4H3. The van der Waals surface area contributed by atoms with Crippen LogP contribution in [-0.4, -0.2) is 30.4 Å². The Morgan fingerprint density at radius 1 is 1.14 bits per heavy atom. The summed E-state index contributed by atoms with van der Waals surface area (Å²) in [6, 6.07) is 0. The van der Waals surface area contributed by atoms with Gasteiger partial charge >= 0.3 is 0 Å². The van der Waals surface area contributed by atoms with Crippen LogP contribution < -0.4 is 5.32 Å². The van der Waals surface area contributed by atoms with Gasteiger partial charge in [-0.3, -0.25) is 5.32 Å². The highest BCUT2D eigenvalue weighted by Gasteiger charge is 2.19. The van der Waals surface area contributed by atoms with E-state index in [1.165, 1.54) is 19.3 Å². The van der Waals surface area contributed by atoms with E-state index in [0.29, 0.717) is 13.1 Å². The van der Waals surface area contributed by atoms with Gasteiger partial charge in [0.1, 0.15) is 6.17 Å². The van der Waals surface area contributed by atoms with Crippen LogP contribution in [0.2, 0.25) is 0 Å². The highest BCUT2D eigenvalue weighted by atomic mass is 16.5. The first-order chi connectivity index (χ1) is 6.60. The molecule has 0 bridgehead atoms. The van der Waals surface area contributed by atoms with E-state index in [1.54, 1.807) is 0 Å². The molecule has 3 heteroatoms. The number of hydrogen-bond donors (Lipinski definition) is 1. The molecule has 0 aliphatic rings. The van der Waals surface area contributed by atoms with E-state index < -0.39 is 0 Å². The summed E-state index contributed by atoms with van der Waals surface area (Å²) in [5, 5.41) is 15.4. The number of nitrogens with zero attached hydrogens (tertiary/aromatic N) is 1. The summed E-state index contributed by atoms with van der Waals surface area (Å²) in [4.78, 5) is 0. The molecule has 0 amide bonds. The van der Waals surface area contributed by atoms with Crippen LogP contribution in [0.3, 0.4) is 0 Å². The molecule has 0 saturated carbocycles. The number of hydroxylamine groups is 3. The maximum Gasteiger partial charge on any atom is 0.139 e. The molecule has 0 aromatic heterocycles. The maximum atomic E-state index is 12.1. The summed E-state index contributed by atoms with van der Waals surface area (Å²) in [7, 11) is 0. The molecule has 86 valence electrons. The van der Waals surface area contributed by atoms with E-state index in [0.717, 1.165) is 6.54 Å². The van der Waals surface area contributed by atoms with Gasteiger partial charge in [0.25, 0.3) is 0 Å². The molecular weight excluding hydrogens is 176 g/mol. The van der Waals surface area contributed by atoms with Gasteiger partial charge in [-0.05, 0) is 20.3 Å². The van der Waals surface area contributed by atoms with E-state index in [9.17, 15) is 5.21 Å². The fraction of sp³-hybridized carbons (Fsp3) is 1.00. The van der Waals surface area contributed by atoms with Crippen molar-refractivity contribution in [1.82, 2.24) is 5.32 Å². The Hall–Kier alpha value is -0.120. The number of unbranched alkanes of at least 4 members (excludes halogenated alkanes) is 2. The molecule has 0 aliphatic carbocycles. The summed E-state index contributed by atoms with van der Waals surface area (Å²) in [6.07, 6.45) is 3.68. The van der Waals surface area contributed by atoms with Gasteiger partial charge in [-0.1, -0.05) is 19.8 Å². The maximum absolute atomic E-state index is 12.1. The van der Waals surface area contributed by atoms with Gasteiger partial charge in [0.2, 0.25) is 0 Å². The van der Waals surface area contributed by atoms with Crippen LogP contribution in [0.5, 0.6) is 0 Å². The largest absolute Gasteiger partial charge is 0.632 e. The molecule has 0 aromatic carbocycles. The third kappa shape index (κ3) is 4.40. The Kier molecular flexibility index (Phi) is 7.15. The van der Waals surface area contributed by atoms with Gasteiger partial charge in [-0.25, -0.2) is 0 Å². The van der Waals surface area contributed by atoms with Gasteiger partial charge in [0, 0.05) is 13.5 Å². The molecular formula is C11H26N2O. The van der Waals surface area contributed by atoms with Gasteiger partial charge in [-0.2, -0.15) is 0 Å². The Morgan fingerprint density at radius 2 is 1.71 bits per heavy atom. The van der Waals surface area contributed by atoms with E-state index in [-0.39, 0.29) is 10.8 Å². The zero-order valence-electron chi connectivity index (χ0n) is 10.2. The molecule has 3 nitrogen and oxygen atoms in total. The van der Waals surface area contributed by atoms with Crippen molar-refractivity contribution in [2.75, 3.05) is 19.6 Å². The number of rotatable bonds is 8. The second-order valence-corrected chi connectivity index (χ2v) is 3.92. The van der Waals surface area contributed by atoms with Gasteiger partial charge in [-0.15, -0.1) is 0 Å². The van der Waals surface area contributed by atoms with E-state index in [1.807, 2.05) is 20.8 Å². The lowest BCUT2D eigenvalue weighted by atomic mass is 10.2. The molecule has 0 heterocycles. The van der Waals surface area contributed by atoms with Crippen LogP contribution >= 0.6 is 0 Å². The Balaban J connectivity index is 3.75. The minimum atomic E-state index is -0.119. The lowest BCUT2D eigenvalue weighted by molar-refractivity contribution is -0.903. The molecule has 0 spiro atoms. The minimum absolute atomic E-state index is 0.0295. The van der Waals surface area contributed by atoms with Crippen LogP contribution in [0.4, 0.5) is 0 Å². The second kappa shape index (κ2) is 7.21. The highest BCUT2D eigenvalue weighted by Crippen LogP contribution is 2.08. The van der Waals surface area contributed by atoms with Crippen molar-refractivity contribution >= 4 is 0 Å². The topological polar surface area (TPSA) is 35.1 Å². The molecule has 1 atom stereocenters. The lowest BCUT2D eigenvalue weighted by Crippen LogP contribution is -2.55. The highest BCUT2D eigenvalue weighted by molar-refractivity contribution is 4.53. The summed E-state index contributed by atoms with van der Waals surface area (Å²) >= 11 is 0. The SMILES string of the molecule is CCCCCNC(C)[N+]([O-])(CC)CC. The van der Waals surface area contributed by atoms with Gasteiger partial charge < -0.3 is 9.85 Å². The summed E-state index contributed by atoms with van der Waals surface area (Å²) in [5.41, 5.74) is 0.